The van der Waals surface area contributed by atoms with Crippen molar-refractivity contribution < 1.29 is 22.3 Å². The number of ether oxygens (including phenoxy) is 1. The summed E-state index contributed by atoms with van der Waals surface area (Å²) in [5, 5.41) is -0.139. The summed E-state index contributed by atoms with van der Waals surface area (Å²) in [7, 11) is -3.92. The van der Waals surface area contributed by atoms with E-state index in [1.807, 2.05) is 0 Å². The number of urea groups is 1. The molecular formula is C24H28Cl2FN3O4S. The molecule has 7 nitrogen and oxygen atoms in total. The molecule has 2 aromatic carbocycles. The molecule has 0 aromatic heterocycles. The minimum absolute atomic E-state index is 0.0371. The second kappa shape index (κ2) is 10.9. The van der Waals surface area contributed by atoms with E-state index in [2.05, 4.69) is 9.62 Å². The lowest BCUT2D eigenvalue weighted by molar-refractivity contribution is 0.0539. The lowest BCUT2D eigenvalue weighted by Crippen LogP contribution is -2.52. The van der Waals surface area contributed by atoms with Crippen molar-refractivity contribution in [2.45, 2.75) is 49.6 Å². The lowest BCUT2D eigenvalue weighted by atomic mass is 9.99. The van der Waals surface area contributed by atoms with Crippen LogP contribution in [0.5, 0.6) is 5.75 Å². The van der Waals surface area contributed by atoms with Crippen LogP contribution in [0.25, 0.3) is 0 Å². The van der Waals surface area contributed by atoms with Gasteiger partial charge in [0, 0.05) is 32.2 Å². The first-order valence-electron chi connectivity index (χ1n) is 11.6. The Morgan fingerprint density at radius 1 is 1.03 bits per heavy atom. The van der Waals surface area contributed by atoms with Gasteiger partial charge in [-0.25, -0.2) is 22.3 Å². The maximum absolute atomic E-state index is 13.9. The summed E-state index contributed by atoms with van der Waals surface area (Å²) in [5.74, 6) is -0.377. The van der Waals surface area contributed by atoms with Crippen molar-refractivity contribution in [1.82, 2.24) is 14.5 Å². The molecule has 2 aliphatic rings. The van der Waals surface area contributed by atoms with Crippen LogP contribution in [0.4, 0.5) is 9.18 Å². The fourth-order valence-electron chi connectivity index (χ4n) is 4.66. The van der Waals surface area contributed by atoms with E-state index in [9.17, 15) is 17.6 Å². The summed E-state index contributed by atoms with van der Waals surface area (Å²) in [6.45, 7) is 4.29. The molecule has 2 aromatic rings. The molecule has 2 fully saturated rings. The number of amides is 2. The van der Waals surface area contributed by atoms with Gasteiger partial charge in [-0.15, -0.1) is 0 Å². The Bertz CT molecular complexity index is 1180. The number of aryl methyl sites for hydroxylation is 1. The predicted octanol–water partition coefficient (Wildman–Crippen LogP) is 4.85. The van der Waals surface area contributed by atoms with E-state index in [4.69, 9.17) is 27.9 Å². The number of carbonyl (C=O) groups is 1. The van der Waals surface area contributed by atoms with Gasteiger partial charge in [0.05, 0.1) is 9.92 Å². The van der Waals surface area contributed by atoms with Crippen molar-refractivity contribution in [2.75, 3.05) is 26.2 Å². The van der Waals surface area contributed by atoms with E-state index >= 15 is 0 Å². The van der Waals surface area contributed by atoms with Crippen LogP contribution in [0, 0.1) is 12.7 Å². The first kappa shape index (κ1) is 26.0. The monoisotopic (exact) mass is 543 g/mol. The maximum atomic E-state index is 13.9. The molecule has 190 valence electrons. The molecule has 2 heterocycles. The Morgan fingerprint density at radius 3 is 2.34 bits per heavy atom. The Balaban J connectivity index is 1.25. The van der Waals surface area contributed by atoms with Gasteiger partial charge in [-0.3, -0.25) is 4.90 Å². The molecule has 0 aliphatic carbocycles. The highest BCUT2D eigenvalue weighted by atomic mass is 35.5. The number of sulfonamides is 1. The van der Waals surface area contributed by atoms with Crippen LogP contribution in [0.15, 0.2) is 41.3 Å². The number of rotatable bonds is 5. The number of carbonyl (C=O) groups excluding carboxylic acids is 1. The molecule has 0 radical (unpaired) electrons. The normalized spacial score (nSPS) is 18.5. The molecule has 0 saturated carbocycles. The van der Waals surface area contributed by atoms with Gasteiger partial charge in [-0.2, -0.15) is 0 Å². The molecule has 2 saturated heterocycles. The fourth-order valence-corrected chi connectivity index (χ4v) is 6.30. The van der Waals surface area contributed by atoms with E-state index in [0.717, 1.165) is 38.8 Å². The third-order valence-corrected chi connectivity index (χ3v) is 8.77. The smallest absolute Gasteiger partial charge is 0.331 e. The number of nitrogens with one attached hydrogen (secondary N) is 1. The zero-order chi connectivity index (χ0) is 25.2. The number of hydrogen-bond acceptors (Lipinski definition) is 5. The Morgan fingerprint density at radius 2 is 1.69 bits per heavy atom. The van der Waals surface area contributed by atoms with E-state index in [1.165, 1.54) is 12.1 Å². The summed E-state index contributed by atoms with van der Waals surface area (Å²) in [5.41, 5.74) is 0.586. The topological polar surface area (TPSA) is 79.0 Å². The van der Waals surface area contributed by atoms with Crippen LogP contribution in [0.2, 0.25) is 10.0 Å². The Hall–Kier alpha value is -2.07. The molecule has 35 heavy (non-hydrogen) atoms. The average Bonchev–Trinajstić information content (AvgIpc) is 2.85. The summed E-state index contributed by atoms with van der Waals surface area (Å²) < 4.78 is 47.3. The molecule has 0 spiro atoms. The molecule has 2 aliphatic heterocycles. The number of halogens is 3. The summed E-state index contributed by atoms with van der Waals surface area (Å²) in [4.78, 5) is 16.7. The van der Waals surface area contributed by atoms with Gasteiger partial charge in [0.1, 0.15) is 16.9 Å². The first-order valence-corrected chi connectivity index (χ1v) is 13.8. The molecule has 2 amide bonds. The second-order valence-corrected chi connectivity index (χ2v) is 11.4. The molecule has 0 bridgehead atoms. The standard InChI is InChI=1S/C24H28Cl2FN3O4S/c1-16-4-2-3-5-21(16)35(32,33)28-24(31)30-12-8-17(9-13-30)29-14-10-18(11-15-29)34-20-7-6-19(25)23(27)22(20)26/h2-7,17-18H,8-15H2,1H3,(H,28,31). The minimum Gasteiger partial charge on any atom is -0.489 e. The zero-order valence-electron chi connectivity index (χ0n) is 19.3. The minimum atomic E-state index is -3.92. The molecule has 0 unspecified atom stereocenters. The van der Waals surface area contributed by atoms with Crippen molar-refractivity contribution in [3.8, 4) is 5.75 Å². The average molecular weight is 544 g/mol. The van der Waals surface area contributed by atoms with Crippen molar-refractivity contribution in [3.63, 3.8) is 0 Å². The van der Waals surface area contributed by atoms with Crippen molar-refractivity contribution in [3.05, 3.63) is 57.8 Å². The van der Waals surface area contributed by atoms with Crippen molar-refractivity contribution in [2.24, 2.45) is 0 Å². The zero-order valence-corrected chi connectivity index (χ0v) is 21.7. The van der Waals surface area contributed by atoms with Gasteiger partial charge in [0.15, 0.2) is 5.82 Å². The second-order valence-electron chi connectivity index (χ2n) is 8.92. The van der Waals surface area contributed by atoms with Crippen LogP contribution >= 0.6 is 23.2 Å². The highest BCUT2D eigenvalue weighted by Gasteiger charge is 2.32. The van der Waals surface area contributed by atoms with Crippen LogP contribution in [0.3, 0.4) is 0 Å². The highest BCUT2D eigenvalue weighted by molar-refractivity contribution is 7.90. The lowest BCUT2D eigenvalue weighted by Gasteiger charge is -2.41. The van der Waals surface area contributed by atoms with Gasteiger partial charge in [0.2, 0.25) is 0 Å². The SMILES string of the molecule is Cc1ccccc1S(=O)(=O)NC(=O)N1CCC(N2CCC(Oc3ccc(Cl)c(F)c3Cl)CC2)CC1. The van der Waals surface area contributed by atoms with Crippen LogP contribution in [-0.2, 0) is 10.0 Å². The predicted molar refractivity (Wildman–Crippen MR) is 133 cm³/mol. The quantitative estimate of drug-likeness (QED) is 0.545. The van der Waals surface area contributed by atoms with Crippen molar-refractivity contribution >= 4 is 39.3 Å². The number of nitrogens with zero attached hydrogens (tertiary/aromatic N) is 2. The largest absolute Gasteiger partial charge is 0.489 e. The van der Waals surface area contributed by atoms with Crippen LogP contribution in [0.1, 0.15) is 31.2 Å². The van der Waals surface area contributed by atoms with E-state index in [1.54, 1.807) is 36.1 Å². The Kier molecular flexibility index (Phi) is 8.10. The van der Waals surface area contributed by atoms with Gasteiger partial charge in [0.25, 0.3) is 10.0 Å². The number of hydrogen-bond donors (Lipinski definition) is 1. The van der Waals surface area contributed by atoms with Crippen LogP contribution in [-0.4, -0.2) is 62.6 Å². The van der Waals surface area contributed by atoms with Crippen molar-refractivity contribution in [1.29, 1.82) is 0 Å². The van der Waals surface area contributed by atoms with Gasteiger partial charge in [-0.1, -0.05) is 41.4 Å². The summed E-state index contributed by atoms with van der Waals surface area (Å²) in [6, 6.07) is 9.30. The van der Waals surface area contributed by atoms with Crippen LogP contribution < -0.4 is 9.46 Å². The number of benzene rings is 2. The summed E-state index contributed by atoms with van der Waals surface area (Å²) in [6.07, 6.45) is 3.00. The van der Waals surface area contributed by atoms with E-state index in [0.29, 0.717) is 30.4 Å². The fraction of sp³-hybridized carbons (Fsp3) is 0.458. The number of piperidine rings is 2. The molecular weight excluding hydrogens is 516 g/mol. The molecule has 0 atom stereocenters. The molecule has 4 rings (SSSR count). The third-order valence-electron chi connectivity index (χ3n) is 6.64. The highest BCUT2D eigenvalue weighted by Crippen LogP contribution is 2.34. The third kappa shape index (κ3) is 6.02. The molecule has 11 heteroatoms. The van der Waals surface area contributed by atoms with Gasteiger partial charge >= 0.3 is 6.03 Å². The first-order chi connectivity index (χ1) is 16.7. The van der Waals surface area contributed by atoms with Gasteiger partial charge in [-0.05, 0) is 56.4 Å². The summed E-state index contributed by atoms with van der Waals surface area (Å²) >= 11 is 11.8. The van der Waals surface area contributed by atoms with Gasteiger partial charge < -0.3 is 9.64 Å². The van der Waals surface area contributed by atoms with E-state index < -0.39 is 21.9 Å². The Labute approximate surface area is 215 Å². The van der Waals surface area contributed by atoms with E-state index in [-0.39, 0.29) is 21.0 Å². The number of likely N-dealkylation sites (tertiary alicyclic amines) is 2. The molecule has 1 N–H and O–H groups in total. The maximum Gasteiger partial charge on any atom is 0.331 e.